The first-order chi connectivity index (χ1) is 11.2. The van der Waals surface area contributed by atoms with Crippen molar-refractivity contribution in [3.05, 3.63) is 59.9 Å². The van der Waals surface area contributed by atoms with E-state index >= 15 is 0 Å². The molecule has 1 unspecified atom stereocenters. The number of benzene rings is 2. The Morgan fingerprint density at radius 3 is 2.65 bits per heavy atom. The molecule has 1 aliphatic rings. The molecule has 1 aliphatic heterocycles. The summed E-state index contributed by atoms with van der Waals surface area (Å²) in [4.78, 5) is 2.34. The Morgan fingerprint density at radius 2 is 1.91 bits per heavy atom. The van der Waals surface area contributed by atoms with Crippen molar-refractivity contribution in [1.82, 2.24) is 4.90 Å². The van der Waals surface area contributed by atoms with E-state index in [0.717, 1.165) is 36.6 Å². The molecular weight excluding hydrogens is 293 g/mol. The molecule has 0 aliphatic carbocycles. The van der Waals surface area contributed by atoms with Gasteiger partial charge in [0.25, 0.3) is 0 Å². The number of likely N-dealkylation sites (tertiary alicyclic amines) is 1. The van der Waals surface area contributed by atoms with Gasteiger partial charge in [-0.15, -0.1) is 0 Å². The van der Waals surface area contributed by atoms with Crippen LogP contribution in [0.4, 0.5) is 4.39 Å². The third-order valence-corrected chi connectivity index (χ3v) is 4.10. The Hall–Kier alpha value is -2.07. The van der Waals surface area contributed by atoms with Crippen LogP contribution in [-0.2, 0) is 6.61 Å². The first kappa shape index (κ1) is 15.8. The molecule has 0 radical (unpaired) electrons. The Labute approximate surface area is 136 Å². The Balaban J connectivity index is 1.54. The summed E-state index contributed by atoms with van der Waals surface area (Å²) in [6.07, 6.45) is 2.44. The molecule has 0 aromatic heterocycles. The van der Waals surface area contributed by atoms with Crippen molar-refractivity contribution in [3.63, 3.8) is 0 Å². The highest BCUT2D eigenvalue weighted by Crippen LogP contribution is 2.24. The van der Waals surface area contributed by atoms with Gasteiger partial charge >= 0.3 is 0 Å². The Bertz CT molecular complexity index is 630. The van der Waals surface area contributed by atoms with Crippen LogP contribution in [0.3, 0.4) is 0 Å². The fraction of sp³-hybridized carbons (Fsp3) is 0.368. The van der Waals surface area contributed by atoms with Crippen molar-refractivity contribution in [2.75, 3.05) is 13.1 Å². The first-order valence-electron chi connectivity index (χ1n) is 8.12. The monoisotopic (exact) mass is 315 g/mol. The molecule has 3 rings (SSSR count). The fourth-order valence-electron chi connectivity index (χ4n) is 2.86. The molecule has 23 heavy (non-hydrogen) atoms. The largest absolute Gasteiger partial charge is 0.489 e. The van der Waals surface area contributed by atoms with Crippen LogP contribution in [0.15, 0.2) is 48.5 Å². The van der Waals surface area contributed by atoms with E-state index in [0.29, 0.717) is 6.61 Å². The maximum atomic E-state index is 13.1. The van der Waals surface area contributed by atoms with Crippen molar-refractivity contribution < 1.29 is 13.9 Å². The smallest absolute Gasteiger partial charge is 0.152 e. The van der Waals surface area contributed by atoms with Gasteiger partial charge in [-0.1, -0.05) is 19.1 Å². The van der Waals surface area contributed by atoms with Gasteiger partial charge in [0.05, 0.1) is 0 Å². The zero-order chi connectivity index (χ0) is 16.1. The van der Waals surface area contributed by atoms with Crippen molar-refractivity contribution in [2.45, 2.75) is 32.6 Å². The zero-order valence-corrected chi connectivity index (χ0v) is 13.4. The van der Waals surface area contributed by atoms with Crippen LogP contribution < -0.4 is 9.47 Å². The van der Waals surface area contributed by atoms with Crippen LogP contribution in [0.25, 0.3) is 0 Å². The number of ether oxygens (including phenoxy) is 2. The first-order valence-corrected chi connectivity index (χ1v) is 8.12. The summed E-state index contributed by atoms with van der Waals surface area (Å²) in [6.45, 7) is 4.63. The molecule has 0 spiro atoms. The number of rotatable bonds is 6. The second-order valence-electron chi connectivity index (χ2n) is 5.73. The van der Waals surface area contributed by atoms with Crippen LogP contribution in [0.1, 0.15) is 25.3 Å². The van der Waals surface area contributed by atoms with Crippen LogP contribution >= 0.6 is 0 Å². The van der Waals surface area contributed by atoms with E-state index in [2.05, 4.69) is 11.8 Å². The van der Waals surface area contributed by atoms with E-state index in [4.69, 9.17) is 9.47 Å². The van der Waals surface area contributed by atoms with Gasteiger partial charge in [0, 0.05) is 6.54 Å². The van der Waals surface area contributed by atoms with Crippen LogP contribution in [0.5, 0.6) is 11.5 Å². The number of hydrogen-bond donors (Lipinski definition) is 0. The molecule has 0 saturated carbocycles. The minimum Gasteiger partial charge on any atom is -0.489 e. The maximum absolute atomic E-state index is 13.1. The maximum Gasteiger partial charge on any atom is 0.152 e. The van der Waals surface area contributed by atoms with Crippen molar-refractivity contribution in [1.29, 1.82) is 0 Å². The van der Waals surface area contributed by atoms with Gasteiger partial charge in [-0.3, -0.25) is 4.90 Å². The van der Waals surface area contributed by atoms with Gasteiger partial charge < -0.3 is 9.47 Å². The molecule has 1 saturated heterocycles. The summed E-state index contributed by atoms with van der Waals surface area (Å²) >= 11 is 0. The summed E-state index contributed by atoms with van der Waals surface area (Å²) in [7, 11) is 0. The topological polar surface area (TPSA) is 21.7 Å². The van der Waals surface area contributed by atoms with E-state index < -0.39 is 0 Å². The van der Waals surface area contributed by atoms with Crippen LogP contribution in [0.2, 0.25) is 0 Å². The molecular formula is C19H22FNO2. The average molecular weight is 315 g/mol. The second kappa shape index (κ2) is 7.47. The predicted molar refractivity (Wildman–Crippen MR) is 88.1 cm³/mol. The SMILES string of the molecule is CCN1CCCC1Oc1ccc(OCc2cccc(F)c2)cc1. The molecule has 1 atom stereocenters. The van der Waals surface area contributed by atoms with E-state index in [9.17, 15) is 4.39 Å². The lowest BCUT2D eigenvalue weighted by Gasteiger charge is -2.23. The molecule has 1 fully saturated rings. The molecule has 0 bridgehead atoms. The standard InChI is InChI=1S/C19H22FNO2/c1-2-21-12-4-7-19(21)23-18-10-8-17(9-11-18)22-14-15-5-3-6-16(20)13-15/h3,5-6,8-11,13,19H,2,4,7,12,14H2,1H3. The van der Waals surface area contributed by atoms with E-state index in [1.807, 2.05) is 30.3 Å². The highest BCUT2D eigenvalue weighted by atomic mass is 19.1. The van der Waals surface area contributed by atoms with E-state index in [-0.39, 0.29) is 12.0 Å². The summed E-state index contributed by atoms with van der Waals surface area (Å²) in [5.74, 6) is 1.36. The van der Waals surface area contributed by atoms with E-state index in [1.165, 1.54) is 18.6 Å². The van der Waals surface area contributed by atoms with Gasteiger partial charge in [-0.2, -0.15) is 0 Å². The van der Waals surface area contributed by atoms with Gasteiger partial charge in [0.15, 0.2) is 6.23 Å². The Kier molecular flexibility index (Phi) is 5.13. The summed E-state index contributed by atoms with van der Waals surface area (Å²) in [5, 5.41) is 0. The summed E-state index contributed by atoms with van der Waals surface area (Å²) in [5.41, 5.74) is 0.815. The minimum absolute atomic E-state index is 0.180. The average Bonchev–Trinajstić information content (AvgIpc) is 3.01. The molecule has 122 valence electrons. The molecule has 4 heteroatoms. The van der Waals surface area contributed by atoms with Crippen molar-refractivity contribution in [3.8, 4) is 11.5 Å². The number of nitrogens with zero attached hydrogens (tertiary/aromatic N) is 1. The lowest BCUT2D eigenvalue weighted by Crippen LogP contribution is -2.33. The number of hydrogen-bond acceptors (Lipinski definition) is 3. The third-order valence-electron chi connectivity index (χ3n) is 4.10. The van der Waals surface area contributed by atoms with Gasteiger partial charge in [-0.25, -0.2) is 4.39 Å². The van der Waals surface area contributed by atoms with Gasteiger partial charge in [-0.05, 0) is 61.3 Å². The quantitative estimate of drug-likeness (QED) is 0.796. The second-order valence-corrected chi connectivity index (χ2v) is 5.73. The minimum atomic E-state index is -0.244. The predicted octanol–water partition coefficient (Wildman–Crippen LogP) is 4.23. The fourth-order valence-corrected chi connectivity index (χ4v) is 2.86. The van der Waals surface area contributed by atoms with Gasteiger partial charge in [0.2, 0.25) is 0 Å². The molecule has 0 N–H and O–H groups in total. The molecule has 2 aromatic rings. The highest BCUT2D eigenvalue weighted by Gasteiger charge is 2.24. The summed E-state index contributed by atoms with van der Waals surface area (Å²) < 4.78 is 24.8. The van der Waals surface area contributed by atoms with Crippen molar-refractivity contribution >= 4 is 0 Å². The molecule has 3 nitrogen and oxygen atoms in total. The van der Waals surface area contributed by atoms with Crippen LogP contribution in [0, 0.1) is 5.82 Å². The lowest BCUT2D eigenvalue weighted by molar-refractivity contribution is 0.0649. The van der Waals surface area contributed by atoms with Crippen molar-refractivity contribution in [2.24, 2.45) is 0 Å². The zero-order valence-electron chi connectivity index (χ0n) is 13.4. The molecule has 1 heterocycles. The third kappa shape index (κ3) is 4.23. The normalized spacial score (nSPS) is 18.1. The lowest BCUT2D eigenvalue weighted by atomic mass is 10.2. The number of halogens is 1. The van der Waals surface area contributed by atoms with E-state index in [1.54, 1.807) is 6.07 Å². The molecule has 2 aromatic carbocycles. The summed E-state index contributed by atoms with van der Waals surface area (Å²) in [6, 6.07) is 14.1. The molecule has 0 amide bonds. The van der Waals surface area contributed by atoms with Crippen LogP contribution in [-0.4, -0.2) is 24.2 Å². The highest BCUT2D eigenvalue weighted by molar-refractivity contribution is 5.31. The van der Waals surface area contributed by atoms with Gasteiger partial charge in [0.1, 0.15) is 23.9 Å². The Morgan fingerprint density at radius 1 is 1.13 bits per heavy atom.